The summed E-state index contributed by atoms with van der Waals surface area (Å²) in [4.78, 5) is 12.3. The predicted octanol–water partition coefficient (Wildman–Crippen LogP) is 4.86. The highest BCUT2D eigenvalue weighted by atomic mass is 79.9. The van der Waals surface area contributed by atoms with Gasteiger partial charge in [0.15, 0.2) is 0 Å². The second-order valence-electron chi connectivity index (χ2n) is 6.85. The molecule has 1 fully saturated rings. The molecule has 1 aliphatic carbocycles. The van der Waals surface area contributed by atoms with Crippen molar-refractivity contribution in [2.45, 2.75) is 45.6 Å². The molecule has 0 bridgehead atoms. The number of carbonyl (C=O) groups excluding carboxylic acids is 1. The van der Waals surface area contributed by atoms with E-state index in [2.05, 4.69) is 15.9 Å². The molecule has 0 saturated heterocycles. The maximum Gasteiger partial charge on any atom is 0.313 e. The van der Waals surface area contributed by atoms with Gasteiger partial charge in [0.1, 0.15) is 16.9 Å². The topological polar surface area (TPSA) is 39.4 Å². The Bertz CT molecular complexity index is 690. The number of ether oxygens (including phenoxy) is 1. The summed E-state index contributed by atoms with van der Waals surface area (Å²) in [6.45, 7) is 5.71. The van der Waals surface area contributed by atoms with Crippen LogP contribution in [0.25, 0.3) is 11.0 Å². The van der Waals surface area contributed by atoms with Crippen LogP contribution in [0.15, 0.2) is 33.2 Å². The third kappa shape index (κ3) is 3.15. The van der Waals surface area contributed by atoms with Gasteiger partial charge in [0, 0.05) is 16.3 Å². The van der Waals surface area contributed by atoms with E-state index in [0.717, 1.165) is 34.0 Å². The van der Waals surface area contributed by atoms with E-state index in [0.29, 0.717) is 6.42 Å². The molecule has 112 valence electrons. The van der Waals surface area contributed by atoms with E-state index in [4.69, 9.17) is 9.15 Å². The highest BCUT2D eigenvalue weighted by Gasteiger charge is 2.52. The van der Waals surface area contributed by atoms with E-state index in [1.165, 1.54) is 0 Å². The number of esters is 1. The van der Waals surface area contributed by atoms with Crippen molar-refractivity contribution < 1.29 is 13.9 Å². The van der Waals surface area contributed by atoms with Crippen LogP contribution in [-0.4, -0.2) is 11.6 Å². The van der Waals surface area contributed by atoms with E-state index in [1.54, 1.807) is 0 Å². The molecule has 1 aliphatic rings. The summed E-state index contributed by atoms with van der Waals surface area (Å²) in [5.74, 6) is 0.753. The molecule has 1 aromatic carbocycles. The van der Waals surface area contributed by atoms with Crippen LogP contribution in [0.5, 0.6) is 0 Å². The third-order valence-corrected chi connectivity index (χ3v) is 4.22. The van der Waals surface area contributed by atoms with Crippen molar-refractivity contribution >= 4 is 32.9 Å². The molecule has 0 spiro atoms. The monoisotopic (exact) mass is 350 g/mol. The largest absolute Gasteiger partial charge is 0.461 e. The van der Waals surface area contributed by atoms with Crippen LogP contribution in [0.1, 0.15) is 39.4 Å². The fraction of sp³-hybridized carbons (Fsp3) is 0.471. The molecule has 3 rings (SSSR count). The normalized spacial score (nSPS) is 17.0. The van der Waals surface area contributed by atoms with E-state index < -0.39 is 5.60 Å². The Morgan fingerprint density at radius 3 is 2.67 bits per heavy atom. The molecule has 0 radical (unpaired) electrons. The Morgan fingerprint density at radius 2 is 2.05 bits per heavy atom. The van der Waals surface area contributed by atoms with Crippen LogP contribution >= 0.6 is 15.9 Å². The SMILES string of the molecule is CC(C)(C)OC(=O)C1(Cc2cc3cc(Br)ccc3o2)CC1. The van der Waals surface area contributed by atoms with Gasteiger partial charge >= 0.3 is 5.97 Å². The lowest BCUT2D eigenvalue weighted by molar-refractivity contribution is -0.161. The van der Waals surface area contributed by atoms with Gasteiger partial charge in [-0.05, 0) is 57.9 Å². The van der Waals surface area contributed by atoms with Crippen LogP contribution in [-0.2, 0) is 16.0 Å². The summed E-state index contributed by atoms with van der Waals surface area (Å²) in [6, 6.07) is 7.94. The molecule has 2 aromatic rings. The molecule has 0 unspecified atom stereocenters. The van der Waals surface area contributed by atoms with E-state index >= 15 is 0 Å². The number of benzene rings is 1. The molecule has 1 saturated carbocycles. The quantitative estimate of drug-likeness (QED) is 0.742. The van der Waals surface area contributed by atoms with E-state index in [-0.39, 0.29) is 11.4 Å². The number of hydrogen-bond donors (Lipinski definition) is 0. The minimum Gasteiger partial charge on any atom is -0.461 e. The fourth-order valence-electron chi connectivity index (χ4n) is 2.48. The Kier molecular flexibility index (Phi) is 3.40. The summed E-state index contributed by atoms with van der Waals surface area (Å²) in [5, 5.41) is 1.05. The van der Waals surface area contributed by atoms with E-state index in [9.17, 15) is 4.79 Å². The average molecular weight is 351 g/mol. The third-order valence-electron chi connectivity index (χ3n) is 3.73. The molecule has 1 heterocycles. The van der Waals surface area contributed by atoms with Crippen LogP contribution in [0, 0.1) is 5.41 Å². The Labute approximate surface area is 132 Å². The van der Waals surface area contributed by atoms with Crippen LogP contribution in [0.3, 0.4) is 0 Å². The summed E-state index contributed by atoms with van der Waals surface area (Å²) in [7, 11) is 0. The van der Waals surface area contributed by atoms with Gasteiger partial charge in [-0.2, -0.15) is 0 Å². The summed E-state index contributed by atoms with van der Waals surface area (Å²) in [5.41, 5.74) is 0.0391. The van der Waals surface area contributed by atoms with Crippen LogP contribution < -0.4 is 0 Å². The zero-order valence-corrected chi connectivity index (χ0v) is 14.1. The first-order valence-electron chi connectivity index (χ1n) is 7.19. The van der Waals surface area contributed by atoms with E-state index in [1.807, 2.05) is 45.0 Å². The summed E-state index contributed by atoms with van der Waals surface area (Å²) in [6.07, 6.45) is 2.37. The smallest absolute Gasteiger partial charge is 0.313 e. The second-order valence-corrected chi connectivity index (χ2v) is 7.77. The molecular weight excluding hydrogens is 332 g/mol. The van der Waals surface area contributed by atoms with Crippen LogP contribution in [0.2, 0.25) is 0 Å². The fourth-order valence-corrected chi connectivity index (χ4v) is 2.86. The van der Waals surface area contributed by atoms with Crippen molar-refractivity contribution in [1.82, 2.24) is 0 Å². The number of carbonyl (C=O) groups is 1. The Morgan fingerprint density at radius 1 is 1.33 bits per heavy atom. The number of halogens is 1. The Hall–Kier alpha value is -1.29. The Balaban J connectivity index is 1.80. The zero-order valence-electron chi connectivity index (χ0n) is 12.5. The van der Waals surface area contributed by atoms with Crippen molar-refractivity contribution in [3.63, 3.8) is 0 Å². The maximum atomic E-state index is 12.3. The lowest BCUT2D eigenvalue weighted by atomic mass is 10.0. The molecule has 4 heteroatoms. The summed E-state index contributed by atoms with van der Waals surface area (Å²) < 4.78 is 12.4. The maximum absolute atomic E-state index is 12.3. The number of fused-ring (bicyclic) bond motifs is 1. The molecule has 3 nitrogen and oxygen atoms in total. The minimum atomic E-state index is -0.439. The van der Waals surface area contributed by atoms with Crippen molar-refractivity contribution in [1.29, 1.82) is 0 Å². The van der Waals surface area contributed by atoms with Gasteiger partial charge in [0.25, 0.3) is 0 Å². The highest BCUT2D eigenvalue weighted by Crippen LogP contribution is 2.50. The number of rotatable bonds is 3. The standard InChI is InChI=1S/C17H19BrO3/c1-16(2,3)21-15(19)17(6-7-17)10-13-9-11-8-12(18)4-5-14(11)20-13/h4-5,8-9H,6-7,10H2,1-3H3. The minimum absolute atomic E-state index is 0.100. The molecule has 0 N–H and O–H groups in total. The van der Waals surface area contributed by atoms with Gasteiger partial charge in [-0.3, -0.25) is 4.79 Å². The lowest BCUT2D eigenvalue weighted by Gasteiger charge is -2.23. The van der Waals surface area contributed by atoms with Gasteiger partial charge < -0.3 is 9.15 Å². The molecule has 0 amide bonds. The first-order valence-corrected chi connectivity index (χ1v) is 7.98. The lowest BCUT2D eigenvalue weighted by Crippen LogP contribution is -2.30. The molecule has 1 aromatic heterocycles. The van der Waals surface area contributed by atoms with Crippen molar-refractivity contribution in [3.05, 3.63) is 34.5 Å². The molecular formula is C17H19BrO3. The predicted molar refractivity (Wildman–Crippen MR) is 85.1 cm³/mol. The highest BCUT2D eigenvalue weighted by molar-refractivity contribution is 9.10. The molecule has 0 aliphatic heterocycles. The first-order chi connectivity index (χ1) is 9.77. The molecule has 21 heavy (non-hydrogen) atoms. The first kappa shape index (κ1) is 14.6. The van der Waals surface area contributed by atoms with Gasteiger partial charge in [0.05, 0.1) is 5.41 Å². The van der Waals surface area contributed by atoms with Crippen molar-refractivity contribution in [2.24, 2.45) is 5.41 Å². The van der Waals surface area contributed by atoms with Crippen molar-refractivity contribution in [2.75, 3.05) is 0 Å². The number of furan rings is 1. The van der Waals surface area contributed by atoms with Gasteiger partial charge in [-0.1, -0.05) is 15.9 Å². The van der Waals surface area contributed by atoms with Crippen molar-refractivity contribution in [3.8, 4) is 0 Å². The number of hydrogen-bond acceptors (Lipinski definition) is 3. The summed E-state index contributed by atoms with van der Waals surface area (Å²) >= 11 is 3.46. The molecule has 0 atom stereocenters. The van der Waals surface area contributed by atoms with Gasteiger partial charge in [0.2, 0.25) is 0 Å². The van der Waals surface area contributed by atoms with Gasteiger partial charge in [-0.15, -0.1) is 0 Å². The zero-order chi connectivity index (χ0) is 15.3. The second kappa shape index (κ2) is 4.87. The average Bonchev–Trinajstić information content (AvgIpc) is 3.01. The van der Waals surface area contributed by atoms with Gasteiger partial charge in [-0.25, -0.2) is 0 Å². The van der Waals surface area contributed by atoms with Crippen LogP contribution in [0.4, 0.5) is 0 Å².